The summed E-state index contributed by atoms with van der Waals surface area (Å²) in [5.41, 5.74) is 8.67. The second-order valence-electron chi connectivity index (χ2n) is 6.74. The third-order valence-corrected chi connectivity index (χ3v) is 5.10. The van der Waals surface area contributed by atoms with Crippen LogP contribution in [-0.4, -0.2) is 17.7 Å². The number of carbonyl (C=O) groups excluding carboxylic acids is 2. The molecular formula is C19H24N2O2. The van der Waals surface area contributed by atoms with Gasteiger partial charge in [0.2, 0.25) is 0 Å². The van der Waals surface area contributed by atoms with Crippen LogP contribution in [0.1, 0.15) is 44.6 Å². The molecule has 0 radical (unpaired) electrons. The summed E-state index contributed by atoms with van der Waals surface area (Å²) in [4.78, 5) is 26.7. The van der Waals surface area contributed by atoms with Crippen LogP contribution in [0.15, 0.2) is 35.5 Å². The number of rotatable bonds is 3. The summed E-state index contributed by atoms with van der Waals surface area (Å²) >= 11 is 0. The van der Waals surface area contributed by atoms with Crippen molar-refractivity contribution in [2.45, 2.75) is 52.0 Å². The minimum Gasteiger partial charge on any atom is -0.394 e. The largest absolute Gasteiger partial charge is 0.394 e. The molecule has 0 aromatic heterocycles. The lowest BCUT2D eigenvalue weighted by molar-refractivity contribution is -0.115. The maximum atomic E-state index is 12.7. The highest BCUT2D eigenvalue weighted by molar-refractivity contribution is 6.16. The zero-order chi connectivity index (χ0) is 16.6. The lowest BCUT2D eigenvalue weighted by Crippen LogP contribution is -2.42. The molecule has 1 unspecified atom stereocenters. The zero-order valence-electron chi connectivity index (χ0n) is 13.8. The summed E-state index contributed by atoms with van der Waals surface area (Å²) in [5.74, 6) is 0.00427. The van der Waals surface area contributed by atoms with E-state index in [9.17, 15) is 9.59 Å². The maximum Gasteiger partial charge on any atom is 0.275 e. The van der Waals surface area contributed by atoms with Crippen molar-refractivity contribution >= 4 is 17.4 Å². The molecule has 1 heterocycles. The standard InChI is InChI=1S/C19H24N2O2/c1-12-8-10-15(11-9-12)21-18(14-6-4-3-5-7-14)16(13(2)22)17(20)19(21)23/h8-11,14,18H,3-7,20H2,1-2H3. The Morgan fingerprint density at radius 3 is 2.30 bits per heavy atom. The van der Waals surface area contributed by atoms with Gasteiger partial charge in [0.1, 0.15) is 5.70 Å². The summed E-state index contributed by atoms with van der Waals surface area (Å²) in [6, 6.07) is 7.66. The third-order valence-electron chi connectivity index (χ3n) is 5.10. The van der Waals surface area contributed by atoms with Crippen molar-refractivity contribution in [1.29, 1.82) is 0 Å². The minimum absolute atomic E-state index is 0.0824. The highest BCUT2D eigenvalue weighted by Gasteiger charge is 2.44. The van der Waals surface area contributed by atoms with E-state index < -0.39 is 0 Å². The van der Waals surface area contributed by atoms with Crippen molar-refractivity contribution in [2.75, 3.05) is 4.90 Å². The number of nitrogens with two attached hydrogens (primary N) is 1. The van der Waals surface area contributed by atoms with Crippen LogP contribution < -0.4 is 10.6 Å². The van der Waals surface area contributed by atoms with Gasteiger partial charge in [0.25, 0.3) is 5.91 Å². The number of hydrogen-bond donors (Lipinski definition) is 1. The molecule has 1 fully saturated rings. The molecule has 1 saturated carbocycles. The molecule has 23 heavy (non-hydrogen) atoms. The molecule has 0 spiro atoms. The highest BCUT2D eigenvalue weighted by atomic mass is 16.2. The highest BCUT2D eigenvalue weighted by Crippen LogP contribution is 2.39. The second kappa shape index (κ2) is 6.19. The van der Waals surface area contributed by atoms with Gasteiger partial charge in [-0.25, -0.2) is 0 Å². The molecule has 1 atom stereocenters. The molecule has 2 aliphatic rings. The molecular weight excluding hydrogens is 288 g/mol. The SMILES string of the molecule is CC(=O)C1=C(N)C(=O)N(c2ccc(C)cc2)C1C1CCCCC1. The van der Waals surface area contributed by atoms with Crippen LogP contribution in [0.25, 0.3) is 0 Å². The van der Waals surface area contributed by atoms with Crippen molar-refractivity contribution in [3.63, 3.8) is 0 Å². The number of carbonyl (C=O) groups is 2. The van der Waals surface area contributed by atoms with Gasteiger partial charge in [-0.15, -0.1) is 0 Å². The molecule has 4 heteroatoms. The Labute approximate surface area is 137 Å². The van der Waals surface area contributed by atoms with Crippen molar-refractivity contribution in [3.8, 4) is 0 Å². The summed E-state index contributed by atoms with van der Waals surface area (Å²) in [6.45, 7) is 3.53. The van der Waals surface area contributed by atoms with E-state index in [4.69, 9.17) is 5.73 Å². The number of nitrogens with zero attached hydrogens (tertiary/aromatic N) is 1. The normalized spacial score (nSPS) is 22.8. The molecule has 0 bridgehead atoms. The number of aryl methyl sites for hydroxylation is 1. The van der Waals surface area contributed by atoms with E-state index in [1.54, 1.807) is 4.90 Å². The fraction of sp³-hybridized carbons (Fsp3) is 0.474. The first-order valence-corrected chi connectivity index (χ1v) is 8.41. The van der Waals surface area contributed by atoms with Gasteiger partial charge in [-0.3, -0.25) is 14.5 Å². The Bertz CT molecular complexity index is 654. The predicted octanol–water partition coefficient (Wildman–Crippen LogP) is 3.09. The van der Waals surface area contributed by atoms with Gasteiger partial charge >= 0.3 is 0 Å². The van der Waals surface area contributed by atoms with E-state index in [1.807, 2.05) is 31.2 Å². The van der Waals surface area contributed by atoms with Gasteiger partial charge in [0.15, 0.2) is 5.78 Å². The molecule has 1 amide bonds. The van der Waals surface area contributed by atoms with Crippen LogP contribution in [0.3, 0.4) is 0 Å². The molecule has 4 nitrogen and oxygen atoms in total. The molecule has 1 aromatic carbocycles. The first kappa shape index (κ1) is 15.8. The number of anilines is 1. The van der Waals surface area contributed by atoms with Crippen molar-refractivity contribution < 1.29 is 9.59 Å². The lowest BCUT2D eigenvalue weighted by atomic mass is 9.80. The number of hydrogen-bond acceptors (Lipinski definition) is 3. The smallest absolute Gasteiger partial charge is 0.275 e. The number of amides is 1. The summed E-state index contributed by atoms with van der Waals surface area (Å²) in [5, 5.41) is 0. The number of ketones is 1. The minimum atomic E-state index is -0.227. The molecule has 1 aliphatic heterocycles. The van der Waals surface area contributed by atoms with Crippen LogP contribution in [0.2, 0.25) is 0 Å². The van der Waals surface area contributed by atoms with Crippen molar-refractivity contribution in [1.82, 2.24) is 0 Å². The van der Waals surface area contributed by atoms with Crippen molar-refractivity contribution in [2.24, 2.45) is 11.7 Å². The van der Waals surface area contributed by atoms with Gasteiger partial charge in [-0.2, -0.15) is 0 Å². The summed E-state index contributed by atoms with van der Waals surface area (Å²) in [6.07, 6.45) is 5.63. The Kier molecular flexibility index (Phi) is 4.24. The predicted molar refractivity (Wildman–Crippen MR) is 90.9 cm³/mol. The monoisotopic (exact) mass is 312 g/mol. The second-order valence-corrected chi connectivity index (χ2v) is 6.74. The van der Waals surface area contributed by atoms with E-state index in [-0.39, 0.29) is 23.4 Å². The fourth-order valence-corrected chi connectivity index (χ4v) is 3.94. The maximum absolute atomic E-state index is 12.7. The average molecular weight is 312 g/mol. The van der Waals surface area contributed by atoms with E-state index >= 15 is 0 Å². The van der Waals surface area contributed by atoms with Gasteiger partial charge in [0.05, 0.1) is 6.04 Å². The van der Waals surface area contributed by atoms with E-state index in [2.05, 4.69) is 0 Å². The molecule has 2 N–H and O–H groups in total. The van der Waals surface area contributed by atoms with Crippen LogP contribution in [0.4, 0.5) is 5.69 Å². The van der Waals surface area contributed by atoms with Crippen LogP contribution in [-0.2, 0) is 9.59 Å². The summed E-state index contributed by atoms with van der Waals surface area (Å²) in [7, 11) is 0. The Morgan fingerprint density at radius 1 is 1.13 bits per heavy atom. The summed E-state index contributed by atoms with van der Waals surface area (Å²) < 4.78 is 0. The molecule has 3 rings (SSSR count). The molecule has 1 aromatic rings. The lowest BCUT2D eigenvalue weighted by Gasteiger charge is -2.35. The number of benzene rings is 1. The first-order chi connectivity index (χ1) is 11.0. The topological polar surface area (TPSA) is 63.4 Å². The Balaban J connectivity index is 2.04. The van der Waals surface area contributed by atoms with Gasteiger partial charge < -0.3 is 5.73 Å². The van der Waals surface area contributed by atoms with Gasteiger partial charge in [0, 0.05) is 11.3 Å². The van der Waals surface area contributed by atoms with Gasteiger partial charge in [-0.05, 0) is 44.7 Å². The van der Waals surface area contributed by atoms with Crippen LogP contribution >= 0.6 is 0 Å². The number of Topliss-reactive ketones (excluding diaryl/α,β-unsaturated/α-hetero) is 1. The van der Waals surface area contributed by atoms with E-state index in [0.717, 1.165) is 36.9 Å². The van der Waals surface area contributed by atoms with Crippen molar-refractivity contribution in [3.05, 3.63) is 41.1 Å². The molecule has 1 aliphatic carbocycles. The van der Waals surface area contributed by atoms with E-state index in [1.165, 1.54) is 13.3 Å². The molecule has 122 valence electrons. The van der Waals surface area contributed by atoms with Gasteiger partial charge in [-0.1, -0.05) is 37.0 Å². The average Bonchev–Trinajstić information content (AvgIpc) is 2.81. The quantitative estimate of drug-likeness (QED) is 0.933. The van der Waals surface area contributed by atoms with E-state index in [0.29, 0.717) is 11.5 Å². The Hall–Kier alpha value is -2.10. The fourth-order valence-electron chi connectivity index (χ4n) is 3.94. The van der Waals surface area contributed by atoms with Crippen LogP contribution in [0.5, 0.6) is 0 Å². The Morgan fingerprint density at radius 2 is 1.74 bits per heavy atom. The molecule has 0 saturated heterocycles. The first-order valence-electron chi connectivity index (χ1n) is 8.41. The zero-order valence-corrected chi connectivity index (χ0v) is 13.8. The third kappa shape index (κ3) is 2.78. The van der Waals surface area contributed by atoms with Crippen LogP contribution in [0, 0.1) is 12.8 Å².